The van der Waals surface area contributed by atoms with Gasteiger partial charge in [-0.3, -0.25) is 4.79 Å². The molecule has 1 atom stereocenters. The van der Waals surface area contributed by atoms with Crippen molar-refractivity contribution in [2.75, 3.05) is 25.1 Å². The minimum absolute atomic E-state index is 0.0713. The molecule has 1 unspecified atom stereocenters. The molecule has 1 heterocycles. The van der Waals surface area contributed by atoms with Crippen LogP contribution in [0.4, 0.5) is 5.69 Å². The molecule has 0 saturated carbocycles. The number of carbonyl (C=O) groups excluding carboxylic acids is 1. The van der Waals surface area contributed by atoms with Crippen molar-refractivity contribution < 1.29 is 22.7 Å². The first-order chi connectivity index (χ1) is 14.5. The van der Waals surface area contributed by atoms with Crippen LogP contribution in [0.3, 0.4) is 0 Å². The highest BCUT2D eigenvalue weighted by Gasteiger charge is 2.20. The van der Waals surface area contributed by atoms with E-state index in [0.717, 1.165) is 25.7 Å². The molecule has 30 heavy (non-hydrogen) atoms. The first kappa shape index (κ1) is 22.3. The van der Waals surface area contributed by atoms with Gasteiger partial charge in [0.25, 0.3) is 5.91 Å². The van der Waals surface area contributed by atoms with Crippen LogP contribution in [0.15, 0.2) is 53.4 Å². The topological polar surface area (TPSA) is 93.7 Å². The van der Waals surface area contributed by atoms with Crippen LogP contribution < -0.4 is 14.8 Å². The lowest BCUT2D eigenvalue weighted by Gasteiger charge is -2.13. The van der Waals surface area contributed by atoms with Gasteiger partial charge < -0.3 is 14.8 Å². The number of amides is 1. The van der Waals surface area contributed by atoms with Gasteiger partial charge in [-0.15, -0.1) is 0 Å². The van der Waals surface area contributed by atoms with Crippen LogP contribution in [0.1, 0.15) is 43.0 Å². The van der Waals surface area contributed by atoms with E-state index in [4.69, 9.17) is 9.47 Å². The number of anilines is 1. The second-order valence-corrected chi connectivity index (χ2v) is 8.93. The Bertz CT molecular complexity index is 938. The maximum absolute atomic E-state index is 12.7. The fraction of sp³-hybridized carbons (Fsp3) is 0.409. The number of hydrogen-bond acceptors (Lipinski definition) is 5. The van der Waals surface area contributed by atoms with Gasteiger partial charge in [0.1, 0.15) is 5.75 Å². The third kappa shape index (κ3) is 6.04. The predicted molar refractivity (Wildman–Crippen MR) is 115 cm³/mol. The number of sulfonamides is 1. The predicted octanol–water partition coefficient (Wildman–Crippen LogP) is 3.58. The molecular weight excluding hydrogens is 404 g/mol. The highest BCUT2D eigenvalue weighted by molar-refractivity contribution is 7.89. The lowest BCUT2D eigenvalue weighted by molar-refractivity contribution is 0.102. The minimum atomic E-state index is -3.63. The number of para-hydroxylation sites is 1. The summed E-state index contributed by atoms with van der Waals surface area (Å²) in [5, 5.41) is 2.79. The first-order valence-electron chi connectivity index (χ1n) is 10.2. The van der Waals surface area contributed by atoms with E-state index in [1.807, 2.05) is 6.07 Å². The molecule has 8 heteroatoms. The monoisotopic (exact) mass is 432 g/mol. The number of nitrogens with one attached hydrogen (secondary N) is 2. The Hall–Kier alpha value is -2.42. The molecule has 0 bridgehead atoms. The summed E-state index contributed by atoms with van der Waals surface area (Å²) in [5.74, 6) is 0.218. The van der Waals surface area contributed by atoms with Gasteiger partial charge in [-0.1, -0.05) is 25.5 Å². The van der Waals surface area contributed by atoms with Crippen molar-refractivity contribution in [1.82, 2.24) is 4.72 Å². The molecule has 2 aromatic carbocycles. The zero-order chi connectivity index (χ0) is 21.4. The minimum Gasteiger partial charge on any atom is -0.493 e. The number of hydrogen-bond donors (Lipinski definition) is 2. The Morgan fingerprint density at radius 3 is 2.63 bits per heavy atom. The van der Waals surface area contributed by atoms with Crippen molar-refractivity contribution in [2.45, 2.75) is 43.6 Å². The molecule has 162 valence electrons. The summed E-state index contributed by atoms with van der Waals surface area (Å²) >= 11 is 0. The molecule has 1 amide bonds. The Morgan fingerprint density at radius 1 is 1.17 bits per heavy atom. The van der Waals surface area contributed by atoms with E-state index in [-0.39, 0.29) is 23.5 Å². The van der Waals surface area contributed by atoms with E-state index < -0.39 is 10.0 Å². The lowest BCUT2D eigenvalue weighted by atomic mass is 10.2. The largest absolute Gasteiger partial charge is 0.493 e. The van der Waals surface area contributed by atoms with Gasteiger partial charge in [0.05, 0.1) is 23.2 Å². The van der Waals surface area contributed by atoms with Gasteiger partial charge in [-0.25, -0.2) is 13.1 Å². The summed E-state index contributed by atoms with van der Waals surface area (Å²) in [6, 6.07) is 13.1. The van der Waals surface area contributed by atoms with Crippen molar-refractivity contribution >= 4 is 21.6 Å². The standard InChI is InChI=1S/C22H28N2O5S/c1-2-3-14-29-21-9-5-4-8-20(21)22(25)24-17-10-12-19(13-11-17)30(26,27)23-16-18-7-6-15-28-18/h4-5,8-13,18,23H,2-3,6-7,14-16H2,1H3,(H,24,25). The van der Waals surface area contributed by atoms with E-state index in [1.54, 1.807) is 30.3 Å². The summed E-state index contributed by atoms with van der Waals surface area (Å²) in [5.41, 5.74) is 0.935. The molecule has 2 N–H and O–H groups in total. The van der Waals surface area contributed by atoms with Gasteiger partial charge >= 0.3 is 0 Å². The van der Waals surface area contributed by atoms with Crippen molar-refractivity contribution in [3.63, 3.8) is 0 Å². The number of rotatable bonds is 10. The molecule has 3 rings (SSSR count). The van der Waals surface area contributed by atoms with Crippen LogP contribution >= 0.6 is 0 Å². The molecule has 7 nitrogen and oxygen atoms in total. The molecule has 0 spiro atoms. The Morgan fingerprint density at radius 2 is 1.93 bits per heavy atom. The van der Waals surface area contributed by atoms with Gasteiger partial charge in [0.15, 0.2) is 0 Å². The number of ether oxygens (including phenoxy) is 2. The molecule has 0 aromatic heterocycles. The van der Waals surface area contributed by atoms with E-state index in [9.17, 15) is 13.2 Å². The summed E-state index contributed by atoms with van der Waals surface area (Å²) < 4.78 is 38.6. The molecule has 2 aromatic rings. The number of benzene rings is 2. The number of carbonyl (C=O) groups is 1. The van der Waals surface area contributed by atoms with Crippen molar-refractivity contribution in [3.8, 4) is 5.75 Å². The zero-order valence-corrected chi connectivity index (χ0v) is 17.9. The number of unbranched alkanes of at least 4 members (excludes halogenated alkanes) is 1. The smallest absolute Gasteiger partial charge is 0.259 e. The highest BCUT2D eigenvalue weighted by Crippen LogP contribution is 2.21. The summed E-state index contributed by atoms with van der Waals surface area (Å²) in [4.78, 5) is 12.8. The fourth-order valence-electron chi connectivity index (χ4n) is 3.11. The van der Waals surface area contributed by atoms with Crippen molar-refractivity contribution in [1.29, 1.82) is 0 Å². The summed E-state index contributed by atoms with van der Waals surface area (Å²) in [6.45, 7) is 3.55. The lowest BCUT2D eigenvalue weighted by Crippen LogP contribution is -2.31. The Labute approximate surface area is 177 Å². The summed E-state index contributed by atoms with van der Waals surface area (Å²) in [6.07, 6.45) is 3.65. The summed E-state index contributed by atoms with van der Waals surface area (Å²) in [7, 11) is -3.63. The SMILES string of the molecule is CCCCOc1ccccc1C(=O)Nc1ccc(S(=O)(=O)NCC2CCCO2)cc1. The van der Waals surface area contributed by atoms with Crippen LogP contribution in [0.5, 0.6) is 5.75 Å². The average Bonchev–Trinajstić information content (AvgIpc) is 3.27. The van der Waals surface area contributed by atoms with Crippen molar-refractivity contribution in [3.05, 3.63) is 54.1 Å². The van der Waals surface area contributed by atoms with E-state index >= 15 is 0 Å². The van der Waals surface area contributed by atoms with Crippen LogP contribution in [-0.2, 0) is 14.8 Å². The first-order valence-corrected chi connectivity index (χ1v) is 11.7. The maximum atomic E-state index is 12.7. The third-order valence-electron chi connectivity index (χ3n) is 4.83. The average molecular weight is 433 g/mol. The highest BCUT2D eigenvalue weighted by atomic mass is 32.2. The quantitative estimate of drug-likeness (QED) is 0.560. The molecule has 1 aliphatic rings. The Balaban J connectivity index is 1.62. The van der Waals surface area contributed by atoms with Crippen LogP contribution in [0.25, 0.3) is 0 Å². The van der Waals surface area contributed by atoms with E-state index in [1.165, 1.54) is 12.1 Å². The van der Waals surface area contributed by atoms with Crippen LogP contribution in [0.2, 0.25) is 0 Å². The molecule has 1 fully saturated rings. The molecule has 1 saturated heterocycles. The fourth-order valence-corrected chi connectivity index (χ4v) is 4.18. The molecular formula is C22H28N2O5S. The third-order valence-corrected chi connectivity index (χ3v) is 6.27. The van der Waals surface area contributed by atoms with Gasteiger partial charge in [0, 0.05) is 18.8 Å². The van der Waals surface area contributed by atoms with Gasteiger partial charge in [-0.05, 0) is 55.7 Å². The van der Waals surface area contributed by atoms with Crippen LogP contribution in [0, 0.1) is 0 Å². The molecule has 1 aliphatic heterocycles. The van der Waals surface area contributed by atoms with E-state index in [2.05, 4.69) is 17.0 Å². The molecule has 0 aliphatic carbocycles. The second kappa shape index (κ2) is 10.6. The van der Waals surface area contributed by atoms with Gasteiger partial charge in [0.2, 0.25) is 10.0 Å². The maximum Gasteiger partial charge on any atom is 0.259 e. The van der Waals surface area contributed by atoms with Gasteiger partial charge in [-0.2, -0.15) is 0 Å². The zero-order valence-electron chi connectivity index (χ0n) is 17.1. The van der Waals surface area contributed by atoms with Crippen molar-refractivity contribution in [2.24, 2.45) is 0 Å². The normalized spacial score (nSPS) is 16.4. The Kier molecular flexibility index (Phi) is 7.84. The second-order valence-electron chi connectivity index (χ2n) is 7.16. The van der Waals surface area contributed by atoms with E-state index in [0.29, 0.717) is 30.2 Å². The van der Waals surface area contributed by atoms with Crippen LogP contribution in [-0.4, -0.2) is 40.2 Å². The molecule has 0 radical (unpaired) electrons.